The van der Waals surface area contributed by atoms with Crippen LogP contribution in [0.2, 0.25) is 0 Å². The molecule has 6 atom stereocenters. The maximum Gasteiger partial charge on any atom is 0.184 e. The molecule has 28 heavy (non-hydrogen) atoms. The predicted octanol–water partition coefficient (Wildman–Crippen LogP) is 1.35. The lowest BCUT2D eigenvalue weighted by Gasteiger charge is -2.40. The van der Waals surface area contributed by atoms with Crippen LogP contribution in [-0.2, 0) is 18.9 Å². The Balaban J connectivity index is 1.50. The second-order valence-electron chi connectivity index (χ2n) is 6.80. The molecule has 2 aromatic carbocycles. The fourth-order valence-corrected chi connectivity index (χ4v) is 3.35. The molecule has 0 saturated carbocycles. The molecule has 8 heteroatoms. The van der Waals surface area contributed by atoms with Gasteiger partial charge in [0, 0.05) is 11.1 Å². The largest absolute Gasteiger partial charge is 0.508 e. The van der Waals surface area contributed by atoms with Gasteiger partial charge in [0.15, 0.2) is 12.6 Å². The first-order valence-corrected chi connectivity index (χ1v) is 9.00. The van der Waals surface area contributed by atoms with Gasteiger partial charge in [0.25, 0.3) is 0 Å². The van der Waals surface area contributed by atoms with Gasteiger partial charge in [-0.25, -0.2) is 0 Å². The van der Waals surface area contributed by atoms with Crippen molar-refractivity contribution in [2.75, 3.05) is 13.2 Å². The zero-order chi connectivity index (χ0) is 19.7. The van der Waals surface area contributed by atoms with Gasteiger partial charge in [-0.1, -0.05) is 24.3 Å². The van der Waals surface area contributed by atoms with Crippen molar-refractivity contribution in [3.05, 3.63) is 59.7 Å². The van der Waals surface area contributed by atoms with Gasteiger partial charge in [0.2, 0.25) is 0 Å². The number of hydrogen-bond acceptors (Lipinski definition) is 8. The summed E-state index contributed by atoms with van der Waals surface area (Å²) in [6.45, 7) is -0.196. The van der Waals surface area contributed by atoms with Crippen LogP contribution in [0.4, 0.5) is 0 Å². The van der Waals surface area contributed by atoms with Crippen LogP contribution in [0.1, 0.15) is 23.7 Å². The van der Waals surface area contributed by atoms with E-state index in [0.29, 0.717) is 5.56 Å². The van der Waals surface area contributed by atoms with E-state index < -0.39 is 37.0 Å². The van der Waals surface area contributed by atoms with Crippen LogP contribution in [0, 0.1) is 0 Å². The Morgan fingerprint density at radius 3 is 1.93 bits per heavy atom. The van der Waals surface area contributed by atoms with Gasteiger partial charge in [-0.05, 0) is 24.3 Å². The number of aliphatic hydroxyl groups is 2. The van der Waals surface area contributed by atoms with Crippen molar-refractivity contribution in [2.24, 2.45) is 0 Å². The molecule has 2 saturated heterocycles. The van der Waals surface area contributed by atoms with Gasteiger partial charge in [-0.3, -0.25) is 0 Å². The molecule has 2 fully saturated rings. The molecule has 4 N–H and O–H groups in total. The van der Waals surface area contributed by atoms with Crippen LogP contribution in [0.3, 0.4) is 0 Å². The highest BCUT2D eigenvalue weighted by atomic mass is 16.8. The summed E-state index contributed by atoms with van der Waals surface area (Å²) in [7, 11) is 0. The maximum absolute atomic E-state index is 10.6. The number of hydrogen-bond donors (Lipinski definition) is 4. The third-order valence-electron chi connectivity index (χ3n) is 4.88. The zero-order valence-electron chi connectivity index (χ0n) is 14.9. The molecule has 0 bridgehead atoms. The predicted molar refractivity (Wildman–Crippen MR) is 95.4 cm³/mol. The summed E-state index contributed by atoms with van der Waals surface area (Å²) in [5, 5.41) is 39.1. The summed E-state index contributed by atoms with van der Waals surface area (Å²) < 4.78 is 23.2. The molecule has 0 radical (unpaired) electrons. The van der Waals surface area contributed by atoms with Crippen molar-refractivity contribution >= 4 is 0 Å². The fraction of sp³-hybridized carbons (Fsp3) is 0.400. The second kappa shape index (κ2) is 8.04. The van der Waals surface area contributed by atoms with E-state index in [1.807, 2.05) is 0 Å². The van der Waals surface area contributed by atoms with E-state index >= 15 is 0 Å². The smallest absolute Gasteiger partial charge is 0.184 e. The molecule has 2 aliphatic rings. The lowest BCUT2D eigenvalue weighted by molar-refractivity contribution is -0.310. The number of aromatic hydroxyl groups is 2. The molecule has 0 amide bonds. The van der Waals surface area contributed by atoms with Gasteiger partial charge >= 0.3 is 0 Å². The minimum absolute atomic E-state index is 0.110. The molecule has 0 aliphatic carbocycles. The van der Waals surface area contributed by atoms with Crippen molar-refractivity contribution in [3.63, 3.8) is 0 Å². The standard InChI is InChI=1S/C20H22O8/c21-9-15-17(24)18(28-20(26-15)12-3-7-14(23)8-4-12)16-10-25-19(27-16)11-1-5-13(22)6-2-11/h1-8,15-24H,9-10H2/t15-,16+,17-,18-,19?,20?/m0/s1. The van der Waals surface area contributed by atoms with Crippen LogP contribution < -0.4 is 0 Å². The number of ether oxygens (including phenoxy) is 4. The highest BCUT2D eigenvalue weighted by Gasteiger charge is 2.46. The average molecular weight is 390 g/mol. The summed E-state index contributed by atoms with van der Waals surface area (Å²) in [5.41, 5.74) is 1.37. The van der Waals surface area contributed by atoms with E-state index in [9.17, 15) is 20.4 Å². The first kappa shape index (κ1) is 19.1. The van der Waals surface area contributed by atoms with E-state index in [-0.39, 0.29) is 24.7 Å². The molecule has 2 aromatic rings. The van der Waals surface area contributed by atoms with Crippen molar-refractivity contribution in [2.45, 2.75) is 37.0 Å². The Kier molecular flexibility index (Phi) is 5.49. The molecular formula is C20H22O8. The highest BCUT2D eigenvalue weighted by Crippen LogP contribution is 2.37. The third kappa shape index (κ3) is 3.83. The van der Waals surface area contributed by atoms with Gasteiger partial charge in [-0.2, -0.15) is 0 Å². The summed E-state index contributed by atoms with van der Waals surface area (Å²) in [6, 6.07) is 12.8. The van der Waals surface area contributed by atoms with Crippen molar-refractivity contribution in [1.82, 2.24) is 0 Å². The van der Waals surface area contributed by atoms with Crippen molar-refractivity contribution in [1.29, 1.82) is 0 Å². The van der Waals surface area contributed by atoms with Crippen LogP contribution in [0.25, 0.3) is 0 Å². The van der Waals surface area contributed by atoms with Gasteiger partial charge in [0.1, 0.15) is 35.9 Å². The molecule has 2 unspecified atom stereocenters. The topological polar surface area (TPSA) is 118 Å². The molecule has 2 aliphatic heterocycles. The van der Waals surface area contributed by atoms with Crippen LogP contribution in [-0.4, -0.2) is 58.1 Å². The van der Waals surface area contributed by atoms with Gasteiger partial charge in [0.05, 0.1) is 13.2 Å². The van der Waals surface area contributed by atoms with Crippen molar-refractivity contribution < 1.29 is 39.4 Å². The molecule has 0 spiro atoms. The Bertz CT molecular complexity index is 778. The van der Waals surface area contributed by atoms with E-state index in [1.54, 1.807) is 24.3 Å². The number of benzene rings is 2. The van der Waals surface area contributed by atoms with Crippen LogP contribution in [0.5, 0.6) is 11.5 Å². The lowest BCUT2D eigenvalue weighted by Crippen LogP contribution is -2.54. The molecule has 0 aromatic heterocycles. The van der Waals surface area contributed by atoms with E-state index in [1.165, 1.54) is 24.3 Å². The number of phenols is 2. The number of aliphatic hydroxyl groups excluding tert-OH is 2. The Morgan fingerprint density at radius 2 is 1.36 bits per heavy atom. The van der Waals surface area contributed by atoms with Gasteiger partial charge in [-0.15, -0.1) is 0 Å². The molecule has 150 valence electrons. The normalized spacial score (nSPS) is 33.1. The second-order valence-corrected chi connectivity index (χ2v) is 6.80. The first-order chi connectivity index (χ1) is 13.5. The SMILES string of the molecule is OC[C@@H]1OC(c2ccc(O)cc2)O[C@@H]([C@H]2COC(c3ccc(O)cc3)O2)[C@H]1O. The van der Waals surface area contributed by atoms with Crippen molar-refractivity contribution in [3.8, 4) is 11.5 Å². The van der Waals surface area contributed by atoms with Gasteiger partial charge < -0.3 is 39.4 Å². The fourth-order valence-electron chi connectivity index (χ4n) is 3.35. The minimum Gasteiger partial charge on any atom is -0.508 e. The molecule has 4 rings (SSSR count). The third-order valence-corrected chi connectivity index (χ3v) is 4.88. The Hall–Kier alpha value is -2.20. The Morgan fingerprint density at radius 1 is 0.786 bits per heavy atom. The molecular weight excluding hydrogens is 368 g/mol. The zero-order valence-corrected chi connectivity index (χ0v) is 14.9. The van der Waals surface area contributed by atoms with E-state index in [0.717, 1.165) is 5.56 Å². The quantitative estimate of drug-likeness (QED) is 0.618. The maximum atomic E-state index is 10.6. The average Bonchev–Trinajstić information content (AvgIpc) is 3.19. The Labute approximate surface area is 161 Å². The van der Waals surface area contributed by atoms with E-state index in [2.05, 4.69) is 0 Å². The number of phenolic OH excluding ortho intramolecular Hbond substituents is 2. The first-order valence-electron chi connectivity index (χ1n) is 9.00. The van der Waals surface area contributed by atoms with E-state index in [4.69, 9.17) is 18.9 Å². The lowest BCUT2D eigenvalue weighted by atomic mass is 10.0. The molecule has 8 nitrogen and oxygen atoms in total. The highest BCUT2D eigenvalue weighted by molar-refractivity contribution is 5.28. The minimum atomic E-state index is -1.11. The van der Waals surface area contributed by atoms with Crippen LogP contribution >= 0.6 is 0 Å². The summed E-state index contributed by atoms with van der Waals surface area (Å²) in [4.78, 5) is 0. The van der Waals surface area contributed by atoms with Crippen LogP contribution in [0.15, 0.2) is 48.5 Å². The summed E-state index contributed by atoms with van der Waals surface area (Å²) >= 11 is 0. The monoisotopic (exact) mass is 390 g/mol. The summed E-state index contributed by atoms with van der Waals surface area (Å²) in [5.74, 6) is 0.253. The summed E-state index contributed by atoms with van der Waals surface area (Å²) in [6.07, 6.45) is -4.80. The number of rotatable bonds is 4. The molecule has 2 heterocycles.